The third-order valence-electron chi connectivity index (χ3n) is 4.73. The van der Waals surface area contributed by atoms with Crippen LogP contribution < -0.4 is 16.0 Å². The van der Waals surface area contributed by atoms with Crippen LogP contribution >= 0.6 is 0 Å². The first-order valence-electron chi connectivity index (χ1n) is 8.09. The number of aliphatic hydroxyl groups is 1. The lowest BCUT2D eigenvalue weighted by Crippen LogP contribution is -2.35. The molecule has 0 aliphatic heterocycles. The summed E-state index contributed by atoms with van der Waals surface area (Å²) in [5.74, 6) is 6.48. The zero-order valence-electron chi connectivity index (χ0n) is 13.6. The summed E-state index contributed by atoms with van der Waals surface area (Å²) in [6, 6.07) is 7.90. The molecule has 0 spiro atoms. The molecule has 6 heteroatoms. The maximum atomic E-state index is 13.1. The molecule has 128 valence electrons. The first kappa shape index (κ1) is 16.7. The van der Waals surface area contributed by atoms with Crippen LogP contribution in [-0.2, 0) is 5.60 Å². The molecule has 0 radical (unpaired) electrons. The lowest BCUT2D eigenvalue weighted by molar-refractivity contribution is -0.0304. The second-order valence-electron chi connectivity index (χ2n) is 6.28. The number of rotatable bonds is 4. The molecule has 1 aromatic heterocycles. The molecule has 1 aromatic carbocycles. The SMILES string of the molecule is Cc1c(OC2CCC(O)(c3ccc(F)cc3)CC2)ccnc1NN. The van der Waals surface area contributed by atoms with E-state index in [2.05, 4.69) is 10.4 Å². The van der Waals surface area contributed by atoms with Crippen molar-refractivity contribution in [2.75, 3.05) is 5.43 Å². The fraction of sp³-hybridized carbons (Fsp3) is 0.389. The predicted molar refractivity (Wildman–Crippen MR) is 90.0 cm³/mol. The van der Waals surface area contributed by atoms with E-state index in [4.69, 9.17) is 10.6 Å². The van der Waals surface area contributed by atoms with Gasteiger partial charge < -0.3 is 15.3 Å². The highest BCUT2D eigenvalue weighted by Crippen LogP contribution is 2.38. The molecule has 3 rings (SSSR count). The van der Waals surface area contributed by atoms with Crippen molar-refractivity contribution in [3.63, 3.8) is 0 Å². The minimum absolute atomic E-state index is 0.0254. The van der Waals surface area contributed by atoms with Crippen LogP contribution in [0.1, 0.15) is 36.8 Å². The number of nitrogens with one attached hydrogen (secondary N) is 1. The van der Waals surface area contributed by atoms with Gasteiger partial charge in [-0.2, -0.15) is 0 Å². The predicted octanol–water partition coefficient (Wildman–Crippen LogP) is 3.02. The summed E-state index contributed by atoms with van der Waals surface area (Å²) >= 11 is 0. The summed E-state index contributed by atoms with van der Waals surface area (Å²) in [6.45, 7) is 1.90. The van der Waals surface area contributed by atoms with Gasteiger partial charge >= 0.3 is 0 Å². The van der Waals surface area contributed by atoms with Crippen molar-refractivity contribution in [3.8, 4) is 5.75 Å². The van der Waals surface area contributed by atoms with E-state index in [-0.39, 0.29) is 11.9 Å². The first-order valence-corrected chi connectivity index (χ1v) is 8.09. The molecule has 0 saturated heterocycles. The monoisotopic (exact) mass is 331 g/mol. The Bertz CT molecular complexity index is 698. The van der Waals surface area contributed by atoms with Crippen molar-refractivity contribution >= 4 is 5.82 Å². The third-order valence-corrected chi connectivity index (χ3v) is 4.73. The Labute approximate surface area is 140 Å². The van der Waals surface area contributed by atoms with Gasteiger partial charge in [0.25, 0.3) is 0 Å². The Morgan fingerprint density at radius 3 is 2.54 bits per heavy atom. The molecule has 0 atom stereocenters. The molecule has 1 fully saturated rings. The number of benzene rings is 1. The fourth-order valence-corrected chi connectivity index (χ4v) is 3.21. The van der Waals surface area contributed by atoms with Gasteiger partial charge in [-0.3, -0.25) is 0 Å². The summed E-state index contributed by atoms with van der Waals surface area (Å²) in [6.07, 6.45) is 4.28. The lowest BCUT2D eigenvalue weighted by atomic mass is 9.78. The van der Waals surface area contributed by atoms with Gasteiger partial charge in [0.1, 0.15) is 17.4 Å². The first-order chi connectivity index (χ1) is 11.5. The number of nitrogens with two attached hydrogens (primary N) is 1. The Balaban J connectivity index is 1.66. The number of hydrogen-bond acceptors (Lipinski definition) is 5. The Kier molecular flexibility index (Phi) is 4.69. The zero-order chi connectivity index (χ0) is 17.2. The van der Waals surface area contributed by atoms with Gasteiger partial charge in [-0.15, -0.1) is 0 Å². The summed E-state index contributed by atoms with van der Waals surface area (Å²) in [7, 11) is 0. The van der Waals surface area contributed by atoms with Crippen molar-refractivity contribution in [2.45, 2.75) is 44.3 Å². The number of hydrogen-bond donors (Lipinski definition) is 3. The molecule has 0 unspecified atom stereocenters. The van der Waals surface area contributed by atoms with Gasteiger partial charge in [-0.05, 0) is 56.4 Å². The van der Waals surface area contributed by atoms with Crippen molar-refractivity contribution in [1.82, 2.24) is 4.98 Å². The molecule has 24 heavy (non-hydrogen) atoms. The second kappa shape index (κ2) is 6.75. The Morgan fingerprint density at radius 1 is 1.25 bits per heavy atom. The lowest BCUT2D eigenvalue weighted by Gasteiger charge is -2.36. The van der Waals surface area contributed by atoms with Gasteiger partial charge in [0.05, 0.1) is 11.7 Å². The van der Waals surface area contributed by atoms with Crippen LogP contribution in [0.15, 0.2) is 36.5 Å². The molecule has 5 nitrogen and oxygen atoms in total. The topological polar surface area (TPSA) is 80.4 Å². The van der Waals surface area contributed by atoms with Crippen LogP contribution in [0, 0.1) is 12.7 Å². The smallest absolute Gasteiger partial charge is 0.146 e. The number of hydrazine groups is 1. The van der Waals surface area contributed by atoms with Crippen molar-refractivity contribution < 1.29 is 14.2 Å². The van der Waals surface area contributed by atoms with E-state index in [9.17, 15) is 9.50 Å². The number of nitrogens with zero attached hydrogens (tertiary/aromatic N) is 1. The number of pyridine rings is 1. The molecular weight excluding hydrogens is 309 g/mol. The van der Waals surface area contributed by atoms with Crippen molar-refractivity contribution in [2.24, 2.45) is 5.84 Å². The molecule has 1 aliphatic rings. The van der Waals surface area contributed by atoms with E-state index >= 15 is 0 Å². The minimum Gasteiger partial charge on any atom is -0.490 e. The normalized spacial score (nSPS) is 23.8. The Morgan fingerprint density at radius 2 is 1.92 bits per heavy atom. The molecule has 1 aliphatic carbocycles. The van der Waals surface area contributed by atoms with E-state index in [0.717, 1.165) is 29.7 Å². The molecule has 0 amide bonds. The maximum Gasteiger partial charge on any atom is 0.146 e. The number of aromatic nitrogens is 1. The number of ether oxygens (including phenoxy) is 1. The highest BCUT2D eigenvalue weighted by Gasteiger charge is 2.35. The molecule has 2 aromatic rings. The van der Waals surface area contributed by atoms with E-state index in [1.807, 2.05) is 13.0 Å². The van der Waals surface area contributed by atoms with Gasteiger partial charge in [0.2, 0.25) is 0 Å². The standard InChI is InChI=1S/C18H22FN3O2/c1-12-16(8-11-21-17(12)22-20)24-15-6-9-18(23,10-7-15)13-2-4-14(19)5-3-13/h2-5,8,11,15,23H,6-7,9-10,20H2,1H3,(H,21,22). The van der Waals surface area contributed by atoms with Crippen LogP contribution in [0.3, 0.4) is 0 Å². The van der Waals surface area contributed by atoms with E-state index in [0.29, 0.717) is 18.7 Å². The zero-order valence-corrected chi connectivity index (χ0v) is 13.6. The number of anilines is 1. The van der Waals surface area contributed by atoms with E-state index in [1.165, 1.54) is 12.1 Å². The number of nitrogen functional groups attached to an aromatic ring is 1. The van der Waals surface area contributed by atoms with Crippen LogP contribution in [0.5, 0.6) is 5.75 Å². The van der Waals surface area contributed by atoms with Crippen LogP contribution in [0.25, 0.3) is 0 Å². The summed E-state index contributed by atoms with van der Waals surface area (Å²) in [5, 5.41) is 10.8. The summed E-state index contributed by atoms with van der Waals surface area (Å²) in [4.78, 5) is 4.13. The van der Waals surface area contributed by atoms with Gasteiger partial charge in [-0.1, -0.05) is 12.1 Å². The second-order valence-corrected chi connectivity index (χ2v) is 6.28. The Hall–Kier alpha value is -2.18. The van der Waals surface area contributed by atoms with Gasteiger partial charge in [-0.25, -0.2) is 15.2 Å². The average Bonchev–Trinajstić information content (AvgIpc) is 2.59. The maximum absolute atomic E-state index is 13.1. The van der Waals surface area contributed by atoms with Gasteiger partial charge in [0, 0.05) is 11.8 Å². The molecule has 0 bridgehead atoms. The summed E-state index contributed by atoms with van der Waals surface area (Å²) < 4.78 is 19.1. The fourth-order valence-electron chi connectivity index (χ4n) is 3.21. The van der Waals surface area contributed by atoms with Gasteiger partial charge in [0.15, 0.2) is 0 Å². The highest BCUT2D eigenvalue weighted by molar-refractivity contribution is 5.49. The van der Waals surface area contributed by atoms with E-state index in [1.54, 1.807) is 18.3 Å². The van der Waals surface area contributed by atoms with Crippen molar-refractivity contribution in [3.05, 3.63) is 53.5 Å². The summed E-state index contributed by atoms with van der Waals surface area (Å²) in [5.41, 5.74) is 3.26. The third kappa shape index (κ3) is 3.34. The number of halogens is 1. The van der Waals surface area contributed by atoms with Crippen LogP contribution in [0.2, 0.25) is 0 Å². The molecule has 1 saturated carbocycles. The van der Waals surface area contributed by atoms with E-state index < -0.39 is 5.60 Å². The van der Waals surface area contributed by atoms with Crippen LogP contribution in [0.4, 0.5) is 10.2 Å². The molecule has 4 N–H and O–H groups in total. The molecule has 1 heterocycles. The molecular formula is C18H22FN3O2. The van der Waals surface area contributed by atoms with Crippen molar-refractivity contribution in [1.29, 1.82) is 0 Å². The van der Waals surface area contributed by atoms with Crippen LogP contribution in [-0.4, -0.2) is 16.2 Å². The largest absolute Gasteiger partial charge is 0.490 e. The quantitative estimate of drug-likeness (QED) is 0.593. The highest BCUT2D eigenvalue weighted by atomic mass is 19.1. The average molecular weight is 331 g/mol. The minimum atomic E-state index is -0.912.